The fraction of sp³-hybridized carbons (Fsp3) is 0.261. The Kier molecular flexibility index (Phi) is 5.18. The van der Waals surface area contributed by atoms with Crippen LogP contribution in [-0.2, 0) is 7.05 Å². The molecule has 176 valence electrons. The van der Waals surface area contributed by atoms with Crippen molar-refractivity contribution >= 4 is 23.2 Å². The summed E-state index contributed by atoms with van der Waals surface area (Å²) in [5.41, 5.74) is -0.670. The van der Waals surface area contributed by atoms with Gasteiger partial charge in [-0.05, 0) is 38.0 Å². The predicted octanol–water partition coefficient (Wildman–Crippen LogP) is 4.12. The van der Waals surface area contributed by atoms with Crippen LogP contribution < -0.4 is 5.32 Å². The first kappa shape index (κ1) is 22.4. The van der Waals surface area contributed by atoms with Gasteiger partial charge in [0, 0.05) is 42.0 Å². The van der Waals surface area contributed by atoms with Gasteiger partial charge >= 0.3 is 0 Å². The Bertz CT molecular complexity index is 1450. The highest BCUT2D eigenvalue weighted by Crippen LogP contribution is 2.39. The van der Waals surface area contributed by atoms with Gasteiger partial charge in [0.1, 0.15) is 28.1 Å². The van der Waals surface area contributed by atoms with Gasteiger partial charge in [-0.2, -0.15) is 9.49 Å². The van der Waals surface area contributed by atoms with Gasteiger partial charge in [0.05, 0.1) is 17.4 Å². The molecule has 0 unspecified atom stereocenters. The van der Waals surface area contributed by atoms with Crippen molar-refractivity contribution in [2.75, 3.05) is 0 Å². The zero-order valence-corrected chi connectivity index (χ0v) is 18.9. The summed E-state index contributed by atoms with van der Waals surface area (Å²) >= 11 is 6.48. The van der Waals surface area contributed by atoms with Crippen molar-refractivity contribution in [2.24, 2.45) is 7.05 Å². The molecule has 0 spiro atoms. The first-order chi connectivity index (χ1) is 16.0. The molecule has 0 atom stereocenters. The Morgan fingerprint density at radius 3 is 2.62 bits per heavy atom. The number of aromatic nitrogens is 4. The van der Waals surface area contributed by atoms with Crippen molar-refractivity contribution in [3.05, 3.63) is 65.0 Å². The fourth-order valence-electron chi connectivity index (χ4n) is 4.32. The molecule has 1 aromatic carbocycles. The molecule has 11 heteroatoms. The van der Waals surface area contributed by atoms with E-state index in [0.29, 0.717) is 24.5 Å². The number of aryl methyl sites for hydroxylation is 1. The van der Waals surface area contributed by atoms with Crippen LogP contribution in [0.15, 0.2) is 36.7 Å². The van der Waals surface area contributed by atoms with Gasteiger partial charge in [-0.3, -0.25) is 9.20 Å². The molecule has 1 amide bonds. The molecule has 0 bridgehead atoms. The molecule has 1 saturated carbocycles. The van der Waals surface area contributed by atoms with Crippen molar-refractivity contribution in [3.8, 4) is 22.4 Å². The van der Waals surface area contributed by atoms with Crippen LogP contribution in [0.1, 0.15) is 30.1 Å². The lowest BCUT2D eigenvalue weighted by Crippen LogP contribution is -2.53. The SMILES string of the molecule is Cn1ncc(-c2cc(F)cc(F)c2-c2nc3cc(C(=O)NC4CC(C)(O)C4)ccn3c2Cl)c1F. The number of nitrogens with one attached hydrogen (secondary N) is 1. The summed E-state index contributed by atoms with van der Waals surface area (Å²) < 4.78 is 46.0. The molecular formula is C23H19ClF3N5O2. The number of pyridine rings is 1. The summed E-state index contributed by atoms with van der Waals surface area (Å²) in [5.74, 6) is -3.00. The molecular weight excluding hydrogens is 471 g/mol. The average Bonchev–Trinajstić information content (AvgIpc) is 3.25. The van der Waals surface area contributed by atoms with Gasteiger partial charge in [0.2, 0.25) is 5.95 Å². The zero-order chi connectivity index (χ0) is 24.4. The first-order valence-electron chi connectivity index (χ1n) is 10.4. The minimum Gasteiger partial charge on any atom is -0.390 e. The summed E-state index contributed by atoms with van der Waals surface area (Å²) in [5, 5.41) is 16.5. The van der Waals surface area contributed by atoms with Crippen LogP contribution in [0.5, 0.6) is 0 Å². The van der Waals surface area contributed by atoms with Gasteiger partial charge in [0.25, 0.3) is 5.91 Å². The number of hydrogen-bond donors (Lipinski definition) is 2. The average molecular weight is 490 g/mol. The number of rotatable bonds is 4. The second-order valence-corrected chi connectivity index (χ2v) is 9.11. The molecule has 1 aliphatic rings. The quantitative estimate of drug-likeness (QED) is 0.452. The van der Waals surface area contributed by atoms with E-state index in [0.717, 1.165) is 16.9 Å². The van der Waals surface area contributed by atoms with E-state index in [4.69, 9.17) is 11.6 Å². The number of carbonyl (C=O) groups is 1. The molecule has 5 rings (SSSR count). The van der Waals surface area contributed by atoms with Gasteiger partial charge < -0.3 is 10.4 Å². The number of carbonyl (C=O) groups excluding carboxylic acids is 1. The fourth-order valence-corrected chi connectivity index (χ4v) is 4.60. The minimum atomic E-state index is -0.974. The third-order valence-electron chi connectivity index (χ3n) is 5.99. The minimum absolute atomic E-state index is 0.00746. The lowest BCUT2D eigenvalue weighted by Gasteiger charge is -2.41. The maximum atomic E-state index is 15.0. The van der Waals surface area contributed by atoms with E-state index in [1.165, 1.54) is 29.8 Å². The predicted molar refractivity (Wildman–Crippen MR) is 119 cm³/mol. The second kappa shape index (κ2) is 7.85. The van der Waals surface area contributed by atoms with E-state index in [2.05, 4.69) is 15.4 Å². The summed E-state index contributed by atoms with van der Waals surface area (Å²) in [6.45, 7) is 1.70. The molecule has 34 heavy (non-hydrogen) atoms. The van der Waals surface area contributed by atoms with Crippen LogP contribution in [0.25, 0.3) is 28.0 Å². The van der Waals surface area contributed by atoms with Crippen LogP contribution in [0.2, 0.25) is 5.15 Å². The highest BCUT2D eigenvalue weighted by Gasteiger charge is 2.39. The number of halogens is 4. The van der Waals surface area contributed by atoms with E-state index in [9.17, 15) is 18.7 Å². The van der Waals surface area contributed by atoms with Crippen LogP contribution in [-0.4, -0.2) is 41.8 Å². The number of nitrogens with zero attached hydrogens (tertiary/aromatic N) is 4. The van der Waals surface area contributed by atoms with Gasteiger partial charge in [-0.25, -0.2) is 18.4 Å². The van der Waals surface area contributed by atoms with Crippen molar-refractivity contribution < 1.29 is 23.1 Å². The first-order valence-corrected chi connectivity index (χ1v) is 10.8. The highest BCUT2D eigenvalue weighted by atomic mass is 35.5. The Labute approximate surface area is 196 Å². The number of fused-ring (bicyclic) bond motifs is 1. The third kappa shape index (κ3) is 3.72. The molecule has 0 radical (unpaired) electrons. The molecule has 0 saturated heterocycles. The summed E-state index contributed by atoms with van der Waals surface area (Å²) in [6, 6.07) is 4.53. The number of benzene rings is 1. The normalized spacial score (nSPS) is 19.9. The Morgan fingerprint density at radius 2 is 1.97 bits per heavy atom. The van der Waals surface area contributed by atoms with Crippen molar-refractivity contribution in [2.45, 2.75) is 31.4 Å². The van der Waals surface area contributed by atoms with E-state index in [1.54, 1.807) is 6.92 Å². The lowest BCUT2D eigenvalue weighted by molar-refractivity contribution is -0.0366. The van der Waals surface area contributed by atoms with Crippen LogP contribution in [0.4, 0.5) is 13.2 Å². The standard InChI is InChI=1S/C23H19ClF3N5O2/c1-23(34)8-13(9-23)29-22(33)11-3-4-32-17(5-11)30-19(20(32)24)18-14(6-12(25)7-16(18)26)15-10-28-31(2)21(15)27/h3-7,10,13,34H,8-9H2,1-2H3,(H,29,33). The lowest BCUT2D eigenvalue weighted by atomic mass is 9.77. The molecule has 7 nitrogen and oxygen atoms in total. The number of amides is 1. The van der Waals surface area contributed by atoms with Gasteiger partial charge in [-0.15, -0.1) is 0 Å². The third-order valence-corrected chi connectivity index (χ3v) is 6.35. The van der Waals surface area contributed by atoms with E-state index < -0.39 is 23.2 Å². The van der Waals surface area contributed by atoms with Gasteiger partial charge in [-0.1, -0.05) is 11.6 Å². The monoisotopic (exact) mass is 489 g/mol. The number of aliphatic hydroxyl groups is 1. The Morgan fingerprint density at radius 1 is 1.24 bits per heavy atom. The summed E-state index contributed by atoms with van der Waals surface area (Å²) in [6.07, 6.45) is 3.58. The molecule has 1 fully saturated rings. The molecule has 0 aliphatic heterocycles. The topological polar surface area (TPSA) is 84.5 Å². The smallest absolute Gasteiger partial charge is 0.251 e. The maximum absolute atomic E-state index is 15.0. The summed E-state index contributed by atoms with van der Waals surface area (Å²) in [7, 11) is 1.36. The Hall–Kier alpha value is -3.37. The van der Waals surface area contributed by atoms with Gasteiger partial charge in [0.15, 0.2) is 0 Å². The number of imidazole rings is 1. The van der Waals surface area contributed by atoms with Crippen molar-refractivity contribution in [1.29, 1.82) is 0 Å². The van der Waals surface area contributed by atoms with Crippen LogP contribution in [0.3, 0.4) is 0 Å². The largest absolute Gasteiger partial charge is 0.390 e. The van der Waals surface area contributed by atoms with E-state index >= 15 is 4.39 Å². The Balaban J connectivity index is 1.57. The van der Waals surface area contributed by atoms with E-state index in [-0.39, 0.29) is 45.1 Å². The molecule has 2 N–H and O–H groups in total. The number of hydrogen-bond acceptors (Lipinski definition) is 4. The molecule has 3 heterocycles. The van der Waals surface area contributed by atoms with Crippen LogP contribution >= 0.6 is 11.6 Å². The highest BCUT2D eigenvalue weighted by molar-refractivity contribution is 6.32. The molecule has 4 aromatic rings. The van der Waals surface area contributed by atoms with Crippen molar-refractivity contribution in [3.63, 3.8) is 0 Å². The van der Waals surface area contributed by atoms with E-state index in [1.807, 2.05) is 0 Å². The van der Waals surface area contributed by atoms with Crippen LogP contribution in [0, 0.1) is 17.6 Å². The maximum Gasteiger partial charge on any atom is 0.251 e. The summed E-state index contributed by atoms with van der Waals surface area (Å²) in [4.78, 5) is 17.0. The zero-order valence-electron chi connectivity index (χ0n) is 18.1. The second-order valence-electron chi connectivity index (χ2n) is 8.75. The molecule has 3 aromatic heterocycles. The molecule has 1 aliphatic carbocycles. The van der Waals surface area contributed by atoms with Crippen molar-refractivity contribution in [1.82, 2.24) is 24.5 Å².